The van der Waals surface area contributed by atoms with Crippen LogP contribution in [0.4, 0.5) is 0 Å². The molecule has 0 aliphatic carbocycles. The van der Waals surface area contributed by atoms with Gasteiger partial charge < -0.3 is 4.90 Å². The lowest BCUT2D eigenvalue weighted by Gasteiger charge is -2.35. The van der Waals surface area contributed by atoms with Crippen LogP contribution in [0, 0.1) is 0 Å². The van der Waals surface area contributed by atoms with Gasteiger partial charge in [0.15, 0.2) is 0 Å². The van der Waals surface area contributed by atoms with E-state index in [9.17, 15) is 4.79 Å². The summed E-state index contributed by atoms with van der Waals surface area (Å²) in [5.41, 5.74) is 0.750. The largest absolute Gasteiger partial charge is 0.334 e. The van der Waals surface area contributed by atoms with E-state index in [1.807, 2.05) is 35.2 Å². The Labute approximate surface area is 101 Å². The van der Waals surface area contributed by atoms with Crippen molar-refractivity contribution in [2.24, 2.45) is 0 Å². The Hall–Kier alpha value is -1.02. The van der Waals surface area contributed by atoms with Crippen molar-refractivity contribution in [1.82, 2.24) is 4.90 Å². The van der Waals surface area contributed by atoms with Gasteiger partial charge in [0.1, 0.15) is 0 Å². The summed E-state index contributed by atoms with van der Waals surface area (Å²) >= 11 is 6.11. The molecule has 1 aromatic carbocycles. The molecule has 0 saturated carbocycles. The third-order valence-electron chi connectivity index (χ3n) is 3.11. The van der Waals surface area contributed by atoms with Gasteiger partial charge in [0.2, 0.25) is 0 Å². The molecule has 0 spiro atoms. The van der Waals surface area contributed by atoms with Gasteiger partial charge in [-0.25, -0.2) is 0 Å². The minimum absolute atomic E-state index is 0.0958. The Kier molecular flexibility index (Phi) is 3.49. The average molecular weight is 238 g/mol. The fourth-order valence-electron chi connectivity index (χ4n) is 2.09. The van der Waals surface area contributed by atoms with Gasteiger partial charge in [0, 0.05) is 18.2 Å². The molecule has 1 aromatic rings. The van der Waals surface area contributed by atoms with Gasteiger partial charge in [0.25, 0.3) is 5.91 Å². The molecule has 0 bridgehead atoms. The van der Waals surface area contributed by atoms with Gasteiger partial charge in [0.05, 0.1) is 5.38 Å². The van der Waals surface area contributed by atoms with Crippen LogP contribution in [0.5, 0.6) is 0 Å². The Morgan fingerprint density at radius 1 is 1.31 bits per heavy atom. The first-order valence-corrected chi connectivity index (χ1v) is 6.12. The molecular weight excluding hydrogens is 222 g/mol. The lowest BCUT2D eigenvalue weighted by molar-refractivity contribution is 0.0639. The number of hydrogen-bond donors (Lipinski definition) is 0. The predicted octanol–water partition coefficient (Wildman–Crippen LogP) is 2.92. The van der Waals surface area contributed by atoms with Gasteiger partial charge in [-0.15, -0.1) is 11.6 Å². The number of amides is 1. The molecule has 86 valence electrons. The third-order valence-corrected chi connectivity index (χ3v) is 3.46. The second kappa shape index (κ2) is 4.88. The molecule has 2 nitrogen and oxygen atoms in total. The van der Waals surface area contributed by atoms with Crippen molar-refractivity contribution < 1.29 is 4.79 Å². The van der Waals surface area contributed by atoms with E-state index in [2.05, 4.69) is 6.92 Å². The molecule has 1 fully saturated rings. The first-order valence-electron chi connectivity index (χ1n) is 5.68. The zero-order valence-electron chi connectivity index (χ0n) is 9.40. The standard InChI is InChI=1S/C13H16ClNO/c1-10-7-8-12(14)9-15(10)13(16)11-5-3-2-4-6-11/h2-6,10,12H,7-9H2,1H3/t10-,12-/m1/s1. The van der Waals surface area contributed by atoms with Gasteiger partial charge >= 0.3 is 0 Å². The molecule has 2 rings (SSSR count). The summed E-state index contributed by atoms with van der Waals surface area (Å²) in [7, 11) is 0. The van der Waals surface area contributed by atoms with E-state index < -0.39 is 0 Å². The van der Waals surface area contributed by atoms with Gasteiger partial charge in [-0.1, -0.05) is 18.2 Å². The highest BCUT2D eigenvalue weighted by Gasteiger charge is 2.28. The number of alkyl halides is 1. The quantitative estimate of drug-likeness (QED) is 0.688. The molecular formula is C13H16ClNO. The normalized spacial score (nSPS) is 25.5. The molecule has 0 N–H and O–H groups in total. The van der Waals surface area contributed by atoms with Crippen LogP contribution in [0.25, 0.3) is 0 Å². The van der Waals surface area contributed by atoms with E-state index in [-0.39, 0.29) is 11.3 Å². The van der Waals surface area contributed by atoms with Crippen LogP contribution in [0.3, 0.4) is 0 Å². The molecule has 1 amide bonds. The summed E-state index contributed by atoms with van der Waals surface area (Å²) in [6, 6.07) is 9.70. The molecule has 0 unspecified atom stereocenters. The summed E-state index contributed by atoms with van der Waals surface area (Å²) < 4.78 is 0. The monoisotopic (exact) mass is 237 g/mol. The average Bonchev–Trinajstić information content (AvgIpc) is 2.32. The van der Waals surface area contributed by atoms with E-state index in [1.54, 1.807) is 0 Å². The molecule has 2 atom stereocenters. The summed E-state index contributed by atoms with van der Waals surface area (Å²) in [5, 5.41) is 0.101. The number of halogens is 1. The third kappa shape index (κ3) is 2.38. The summed E-state index contributed by atoms with van der Waals surface area (Å²) in [6.45, 7) is 2.75. The zero-order chi connectivity index (χ0) is 11.5. The highest BCUT2D eigenvalue weighted by atomic mass is 35.5. The Balaban J connectivity index is 2.15. The van der Waals surface area contributed by atoms with E-state index in [0.717, 1.165) is 18.4 Å². The van der Waals surface area contributed by atoms with Gasteiger partial charge in [-0.05, 0) is 31.9 Å². The van der Waals surface area contributed by atoms with Crippen LogP contribution < -0.4 is 0 Å². The lowest BCUT2D eigenvalue weighted by Crippen LogP contribution is -2.46. The van der Waals surface area contributed by atoms with Crippen LogP contribution >= 0.6 is 11.6 Å². The van der Waals surface area contributed by atoms with Gasteiger partial charge in [-0.3, -0.25) is 4.79 Å². The second-order valence-corrected chi connectivity index (χ2v) is 4.96. The van der Waals surface area contributed by atoms with Crippen molar-refractivity contribution in [3.63, 3.8) is 0 Å². The second-order valence-electron chi connectivity index (χ2n) is 4.35. The minimum atomic E-state index is 0.0958. The number of hydrogen-bond acceptors (Lipinski definition) is 1. The minimum Gasteiger partial charge on any atom is -0.334 e. The summed E-state index contributed by atoms with van der Waals surface area (Å²) in [6.07, 6.45) is 1.99. The van der Waals surface area contributed by atoms with E-state index >= 15 is 0 Å². The smallest absolute Gasteiger partial charge is 0.254 e. The van der Waals surface area contributed by atoms with Crippen LogP contribution in [0.15, 0.2) is 30.3 Å². The number of piperidine rings is 1. The van der Waals surface area contributed by atoms with E-state index in [4.69, 9.17) is 11.6 Å². The molecule has 16 heavy (non-hydrogen) atoms. The molecule has 1 aliphatic heterocycles. The van der Waals surface area contributed by atoms with Crippen molar-refractivity contribution in [3.8, 4) is 0 Å². The van der Waals surface area contributed by atoms with Gasteiger partial charge in [-0.2, -0.15) is 0 Å². The first-order chi connectivity index (χ1) is 7.68. The molecule has 1 heterocycles. The van der Waals surface area contributed by atoms with Crippen molar-refractivity contribution in [2.45, 2.75) is 31.2 Å². The van der Waals surface area contributed by atoms with Crippen LogP contribution in [0.1, 0.15) is 30.1 Å². The predicted molar refractivity (Wildman–Crippen MR) is 65.8 cm³/mol. The maximum atomic E-state index is 12.2. The molecule has 1 saturated heterocycles. The van der Waals surface area contributed by atoms with Crippen LogP contribution in [0.2, 0.25) is 0 Å². The number of carbonyl (C=O) groups is 1. The van der Waals surface area contributed by atoms with Crippen molar-refractivity contribution >= 4 is 17.5 Å². The van der Waals surface area contributed by atoms with Crippen LogP contribution in [-0.4, -0.2) is 28.8 Å². The summed E-state index contributed by atoms with van der Waals surface area (Å²) in [4.78, 5) is 14.1. The summed E-state index contributed by atoms with van der Waals surface area (Å²) in [5.74, 6) is 0.0958. The molecule has 1 aliphatic rings. The van der Waals surface area contributed by atoms with Crippen molar-refractivity contribution in [3.05, 3.63) is 35.9 Å². The number of rotatable bonds is 1. The number of benzene rings is 1. The SMILES string of the molecule is C[C@@H]1CC[C@@H](Cl)CN1C(=O)c1ccccc1. The highest BCUT2D eigenvalue weighted by molar-refractivity contribution is 6.21. The molecule has 3 heteroatoms. The van der Waals surface area contributed by atoms with Crippen LogP contribution in [-0.2, 0) is 0 Å². The first kappa shape index (κ1) is 11.5. The zero-order valence-corrected chi connectivity index (χ0v) is 10.2. The number of carbonyl (C=O) groups excluding carboxylic acids is 1. The van der Waals surface area contributed by atoms with Crippen molar-refractivity contribution in [1.29, 1.82) is 0 Å². The topological polar surface area (TPSA) is 20.3 Å². The van der Waals surface area contributed by atoms with Crippen molar-refractivity contribution in [2.75, 3.05) is 6.54 Å². The maximum Gasteiger partial charge on any atom is 0.254 e. The fraction of sp³-hybridized carbons (Fsp3) is 0.462. The Bertz CT molecular complexity index is 365. The molecule has 0 aromatic heterocycles. The molecule has 0 radical (unpaired) electrons. The van der Waals surface area contributed by atoms with E-state index in [0.29, 0.717) is 12.6 Å². The lowest BCUT2D eigenvalue weighted by atomic mass is 10.0. The highest BCUT2D eigenvalue weighted by Crippen LogP contribution is 2.22. The fourth-order valence-corrected chi connectivity index (χ4v) is 2.37. The number of nitrogens with zero attached hydrogens (tertiary/aromatic N) is 1. The van der Waals surface area contributed by atoms with E-state index in [1.165, 1.54) is 0 Å². The number of likely N-dealkylation sites (tertiary alicyclic amines) is 1. The Morgan fingerprint density at radius 2 is 2.00 bits per heavy atom. The maximum absolute atomic E-state index is 12.2. The Morgan fingerprint density at radius 3 is 2.69 bits per heavy atom.